The maximum Gasteiger partial charge on any atom is 0.320 e. The average Bonchev–Trinajstić information content (AvgIpc) is 3.38. The molecule has 1 amide bonds. The van der Waals surface area contributed by atoms with Crippen LogP contribution in [-0.4, -0.2) is 28.7 Å². The van der Waals surface area contributed by atoms with Gasteiger partial charge in [-0.1, -0.05) is 24.2 Å². The van der Waals surface area contributed by atoms with Gasteiger partial charge in [0.1, 0.15) is 0 Å². The lowest BCUT2D eigenvalue weighted by Gasteiger charge is -2.31. The Hall–Kier alpha value is -4.19. The Labute approximate surface area is 209 Å². The lowest BCUT2D eigenvalue weighted by Crippen LogP contribution is -2.26. The average molecular weight is 488 g/mol. The number of hydrogen-bond donors (Lipinski definition) is 2. The van der Waals surface area contributed by atoms with E-state index < -0.39 is 5.91 Å². The van der Waals surface area contributed by atoms with E-state index in [9.17, 15) is 9.59 Å². The highest BCUT2D eigenvalue weighted by atomic mass is 16.5. The molecule has 186 valence electrons. The molecule has 1 saturated carbocycles. The number of nitrogens with one attached hydrogen (secondary N) is 2. The molecule has 3 aromatic rings. The van der Waals surface area contributed by atoms with Crippen molar-refractivity contribution in [3.8, 4) is 6.07 Å². The van der Waals surface area contributed by atoms with Gasteiger partial charge < -0.3 is 19.8 Å². The van der Waals surface area contributed by atoms with Gasteiger partial charge in [0.25, 0.3) is 0 Å². The fraction of sp³-hybridized carbons (Fsp3) is 0.370. The summed E-state index contributed by atoms with van der Waals surface area (Å²) in [4.78, 5) is 24.6. The van der Waals surface area contributed by atoms with Crippen molar-refractivity contribution < 1.29 is 18.7 Å². The molecule has 2 aromatic carbocycles. The minimum absolute atomic E-state index is 0.0620. The highest BCUT2D eigenvalue weighted by Gasteiger charge is 2.30. The third kappa shape index (κ3) is 6.08. The molecule has 0 aliphatic heterocycles. The Morgan fingerprint density at radius 2 is 1.72 bits per heavy atom. The summed E-state index contributed by atoms with van der Waals surface area (Å²) in [5.41, 5.74) is 3.05. The summed E-state index contributed by atoms with van der Waals surface area (Å²) in [5.74, 6) is -0.0231. The molecule has 2 N–H and O–H groups in total. The van der Waals surface area contributed by atoms with Crippen LogP contribution in [0.25, 0.3) is 0 Å². The van der Waals surface area contributed by atoms with Crippen LogP contribution < -0.4 is 10.6 Å². The van der Waals surface area contributed by atoms with Gasteiger partial charge in [-0.2, -0.15) is 5.26 Å². The van der Waals surface area contributed by atoms with Crippen LogP contribution in [0.3, 0.4) is 0 Å². The third-order valence-corrected chi connectivity index (χ3v) is 6.66. The first-order valence-electron chi connectivity index (χ1n) is 12.2. The van der Waals surface area contributed by atoms with E-state index in [4.69, 9.17) is 14.4 Å². The zero-order valence-corrected chi connectivity index (χ0v) is 20.4. The maximum atomic E-state index is 12.5. The molecule has 0 saturated heterocycles. The number of ether oxygens (including phenoxy) is 1. The third-order valence-electron chi connectivity index (χ3n) is 6.66. The molecule has 0 unspecified atom stereocenters. The Morgan fingerprint density at radius 1 is 1.06 bits per heavy atom. The summed E-state index contributed by atoms with van der Waals surface area (Å²) in [5, 5.41) is 22.2. The van der Waals surface area contributed by atoms with Gasteiger partial charge in [0.05, 0.1) is 24.2 Å². The molecule has 0 bridgehead atoms. The minimum Gasteiger partial charge on any atom is -0.466 e. The first kappa shape index (κ1) is 24.9. The molecular formula is C27H29N5O4. The first-order valence-corrected chi connectivity index (χ1v) is 12.2. The largest absolute Gasteiger partial charge is 0.466 e. The highest BCUT2D eigenvalue weighted by Crippen LogP contribution is 2.39. The van der Waals surface area contributed by atoms with Crippen molar-refractivity contribution in [2.24, 2.45) is 11.8 Å². The number of amides is 1. The van der Waals surface area contributed by atoms with Crippen LogP contribution in [0.1, 0.15) is 67.3 Å². The fourth-order valence-electron chi connectivity index (χ4n) is 4.56. The predicted octanol–water partition coefficient (Wildman–Crippen LogP) is 5.41. The summed E-state index contributed by atoms with van der Waals surface area (Å²) in [6, 6.07) is 16.6. The van der Waals surface area contributed by atoms with Crippen molar-refractivity contribution in [3.05, 3.63) is 65.5 Å². The van der Waals surface area contributed by atoms with Crippen LogP contribution in [0, 0.1) is 23.2 Å². The summed E-state index contributed by atoms with van der Waals surface area (Å²) in [7, 11) is 0. The van der Waals surface area contributed by atoms with Crippen LogP contribution in [0.2, 0.25) is 0 Å². The summed E-state index contributed by atoms with van der Waals surface area (Å²) >= 11 is 0. The van der Waals surface area contributed by atoms with Crippen LogP contribution in [0.5, 0.6) is 0 Å². The van der Waals surface area contributed by atoms with Gasteiger partial charge in [0.15, 0.2) is 0 Å². The molecule has 1 atom stereocenters. The summed E-state index contributed by atoms with van der Waals surface area (Å²) in [6.45, 7) is 4.23. The molecule has 9 heteroatoms. The molecule has 1 heterocycles. The Bertz CT molecular complexity index is 1220. The van der Waals surface area contributed by atoms with Gasteiger partial charge in [0.2, 0.25) is 0 Å². The minimum atomic E-state index is -0.503. The molecule has 1 aliphatic carbocycles. The molecular weight excluding hydrogens is 458 g/mol. The van der Waals surface area contributed by atoms with E-state index in [1.807, 2.05) is 44.2 Å². The van der Waals surface area contributed by atoms with Crippen molar-refractivity contribution in [1.82, 2.24) is 10.2 Å². The molecule has 1 fully saturated rings. The Morgan fingerprint density at radius 3 is 2.36 bits per heavy atom. The van der Waals surface area contributed by atoms with Crippen LogP contribution >= 0.6 is 0 Å². The number of nitrogens with zero attached hydrogens (tertiary/aromatic N) is 3. The number of rotatable bonds is 8. The quantitative estimate of drug-likeness (QED) is 0.403. The van der Waals surface area contributed by atoms with E-state index in [-0.39, 0.29) is 23.8 Å². The van der Waals surface area contributed by atoms with Gasteiger partial charge in [-0.15, -0.1) is 5.10 Å². The van der Waals surface area contributed by atoms with Crippen molar-refractivity contribution in [2.45, 2.75) is 45.4 Å². The van der Waals surface area contributed by atoms with Gasteiger partial charge in [-0.3, -0.25) is 9.59 Å². The second-order valence-corrected chi connectivity index (χ2v) is 8.96. The van der Waals surface area contributed by atoms with Crippen LogP contribution in [-0.2, 0) is 9.53 Å². The fourth-order valence-corrected chi connectivity index (χ4v) is 4.56. The lowest BCUT2D eigenvalue weighted by molar-refractivity contribution is -0.149. The number of aromatic nitrogens is 2. The van der Waals surface area contributed by atoms with Crippen molar-refractivity contribution in [2.75, 3.05) is 17.2 Å². The predicted molar refractivity (Wildman–Crippen MR) is 134 cm³/mol. The van der Waals surface area contributed by atoms with Gasteiger partial charge in [-0.05, 0) is 86.4 Å². The Kier molecular flexibility index (Phi) is 7.95. The molecule has 4 rings (SSSR count). The molecule has 9 nitrogen and oxygen atoms in total. The zero-order chi connectivity index (χ0) is 25.5. The standard InChI is InChI=1S/C27H29N5O4/c1-3-35-26(34)17(2)19-6-8-20(9-7-19)21-10-14-22(15-11-21)29-24(33)25-31-32-27(36-25)30-23-12-4-18(16-28)5-13-23/h4-5,10-15,17,19-20H,3,6-9H2,1-2H3,(H,29,33)(H,30,32)/t17-,19?,20?/m0/s1. The van der Waals surface area contributed by atoms with E-state index in [0.29, 0.717) is 35.4 Å². The number of anilines is 3. The lowest BCUT2D eigenvalue weighted by atomic mass is 9.74. The van der Waals surface area contributed by atoms with Gasteiger partial charge >= 0.3 is 23.8 Å². The normalized spacial score (nSPS) is 18.0. The van der Waals surface area contributed by atoms with Crippen LogP contribution in [0.15, 0.2) is 52.9 Å². The second kappa shape index (κ2) is 11.5. The number of carbonyl (C=O) groups is 2. The number of hydrogen-bond acceptors (Lipinski definition) is 8. The second-order valence-electron chi connectivity index (χ2n) is 8.96. The molecule has 0 spiro atoms. The van der Waals surface area contributed by atoms with E-state index in [1.54, 1.807) is 24.3 Å². The SMILES string of the molecule is CCOC(=O)[C@@H](C)C1CCC(c2ccc(NC(=O)c3nnc(Nc4ccc(C#N)cc4)o3)cc2)CC1. The van der Waals surface area contributed by atoms with Crippen molar-refractivity contribution in [3.63, 3.8) is 0 Å². The van der Waals surface area contributed by atoms with Crippen molar-refractivity contribution >= 4 is 29.3 Å². The summed E-state index contributed by atoms with van der Waals surface area (Å²) < 4.78 is 10.6. The van der Waals surface area contributed by atoms with Crippen LogP contribution in [0.4, 0.5) is 17.4 Å². The topological polar surface area (TPSA) is 130 Å². The number of esters is 1. The summed E-state index contributed by atoms with van der Waals surface area (Å²) in [6.07, 6.45) is 4.05. The molecule has 1 aromatic heterocycles. The monoisotopic (exact) mass is 487 g/mol. The number of nitriles is 1. The molecule has 0 radical (unpaired) electrons. The smallest absolute Gasteiger partial charge is 0.320 e. The van der Waals surface area contributed by atoms with Crippen molar-refractivity contribution in [1.29, 1.82) is 5.26 Å². The number of carbonyl (C=O) groups excluding carboxylic acids is 2. The van der Waals surface area contributed by atoms with Gasteiger partial charge in [0, 0.05) is 11.4 Å². The van der Waals surface area contributed by atoms with Gasteiger partial charge in [-0.25, -0.2) is 0 Å². The van der Waals surface area contributed by atoms with E-state index >= 15 is 0 Å². The molecule has 1 aliphatic rings. The molecule has 36 heavy (non-hydrogen) atoms. The number of benzene rings is 2. The first-order chi connectivity index (χ1) is 17.5. The van der Waals surface area contributed by atoms with E-state index in [2.05, 4.69) is 20.8 Å². The maximum absolute atomic E-state index is 12.5. The van der Waals surface area contributed by atoms with E-state index in [0.717, 1.165) is 25.7 Å². The Balaban J connectivity index is 1.29. The highest BCUT2D eigenvalue weighted by molar-refractivity contribution is 6.00. The zero-order valence-electron chi connectivity index (χ0n) is 20.4. The van der Waals surface area contributed by atoms with E-state index in [1.165, 1.54) is 5.56 Å².